The minimum absolute atomic E-state index is 0.0691. The van der Waals surface area contributed by atoms with Crippen molar-refractivity contribution in [3.8, 4) is 12.3 Å². The van der Waals surface area contributed by atoms with Crippen LogP contribution in [0.5, 0.6) is 0 Å². The number of carbonyl (C=O) groups is 1. The summed E-state index contributed by atoms with van der Waals surface area (Å²) in [6.45, 7) is 0.387. The van der Waals surface area contributed by atoms with Gasteiger partial charge < -0.3 is 4.90 Å². The first-order valence-corrected chi connectivity index (χ1v) is 10.5. The third-order valence-corrected chi connectivity index (χ3v) is 5.86. The molecule has 5 nitrogen and oxygen atoms in total. The summed E-state index contributed by atoms with van der Waals surface area (Å²) in [7, 11) is -1.95. The van der Waals surface area contributed by atoms with E-state index in [9.17, 15) is 13.2 Å². The normalized spacial score (nSPS) is 11.0. The lowest BCUT2D eigenvalue weighted by Gasteiger charge is -2.18. The first-order valence-electron chi connectivity index (χ1n) is 7.79. The van der Waals surface area contributed by atoms with Crippen molar-refractivity contribution in [1.29, 1.82) is 0 Å². The molecule has 0 saturated carbocycles. The molecule has 0 radical (unpaired) electrons. The van der Waals surface area contributed by atoms with Crippen LogP contribution in [0.3, 0.4) is 0 Å². The second kappa shape index (κ2) is 8.90. The average Bonchev–Trinajstić information content (AvgIpc) is 2.66. The summed E-state index contributed by atoms with van der Waals surface area (Å²) in [6.07, 6.45) is 7.07. The molecule has 0 unspecified atom stereocenters. The van der Waals surface area contributed by atoms with Gasteiger partial charge in [-0.3, -0.25) is 4.79 Å². The van der Waals surface area contributed by atoms with Crippen molar-refractivity contribution in [2.24, 2.45) is 0 Å². The van der Waals surface area contributed by atoms with Gasteiger partial charge in [0.25, 0.3) is 5.91 Å². The van der Waals surface area contributed by atoms with E-state index in [1.807, 2.05) is 30.5 Å². The SMILES string of the molecule is C#CCNS(=O)(=O)c1ccc(C(=O)N(C)Cc2ccc(SC)cc2)cc1. The molecule has 0 heterocycles. The highest BCUT2D eigenvalue weighted by Crippen LogP contribution is 2.17. The number of nitrogens with one attached hydrogen (secondary N) is 1. The van der Waals surface area contributed by atoms with Crippen LogP contribution in [0.1, 0.15) is 15.9 Å². The largest absolute Gasteiger partial charge is 0.337 e. The Hall–Kier alpha value is -2.27. The maximum Gasteiger partial charge on any atom is 0.253 e. The highest BCUT2D eigenvalue weighted by Gasteiger charge is 2.16. The molecule has 0 atom stereocenters. The molecule has 26 heavy (non-hydrogen) atoms. The summed E-state index contributed by atoms with van der Waals surface area (Å²) >= 11 is 1.66. The van der Waals surface area contributed by atoms with Crippen LogP contribution in [0.25, 0.3) is 0 Å². The van der Waals surface area contributed by atoms with Crippen molar-refractivity contribution in [1.82, 2.24) is 9.62 Å². The molecule has 0 saturated heterocycles. The molecule has 0 aliphatic rings. The van der Waals surface area contributed by atoms with Crippen LogP contribution in [0.15, 0.2) is 58.3 Å². The number of amides is 1. The molecule has 0 bridgehead atoms. The van der Waals surface area contributed by atoms with Crippen molar-refractivity contribution < 1.29 is 13.2 Å². The van der Waals surface area contributed by atoms with E-state index in [4.69, 9.17) is 6.42 Å². The molecule has 0 aliphatic heterocycles. The summed E-state index contributed by atoms with van der Waals surface area (Å²) in [4.78, 5) is 15.4. The number of benzene rings is 2. The monoisotopic (exact) mass is 388 g/mol. The number of thioether (sulfide) groups is 1. The lowest BCUT2D eigenvalue weighted by molar-refractivity contribution is 0.0785. The third kappa shape index (κ3) is 5.11. The summed E-state index contributed by atoms with van der Waals surface area (Å²) in [6, 6.07) is 13.8. The van der Waals surface area contributed by atoms with Crippen LogP contribution >= 0.6 is 11.8 Å². The molecular formula is C19H20N2O3S2. The molecular weight excluding hydrogens is 368 g/mol. The fourth-order valence-corrected chi connectivity index (χ4v) is 3.64. The molecule has 136 valence electrons. The first-order chi connectivity index (χ1) is 12.4. The van der Waals surface area contributed by atoms with Gasteiger partial charge >= 0.3 is 0 Å². The van der Waals surface area contributed by atoms with E-state index < -0.39 is 10.0 Å². The van der Waals surface area contributed by atoms with Crippen LogP contribution in [0.4, 0.5) is 0 Å². The van der Waals surface area contributed by atoms with Gasteiger partial charge in [-0.15, -0.1) is 18.2 Å². The third-order valence-electron chi connectivity index (χ3n) is 3.70. The van der Waals surface area contributed by atoms with Crippen molar-refractivity contribution >= 4 is 27.7 Å². The van der Waals surface area contributed by atoms with E-state index in [1.165, 1.54) is 24.3 Å². The molecule has 0 aliphatic carbocycles. The highest BCUT2D eigenvalue weighted by molar-refractivity contribution is 7.98. The number of hydrogen-bond acceptors (Lipinski definition) is 4. The predicted octanol–water partition coefficient (Wildman–Crippen LogP) is 2.59. The van der Waals surface area contributed by atoms with Gasteiger partial charge in [-0.05, 0) is 48.2 Å². The average molecular weight is 389 g/mol. The Morgan fingerprint density at radius 2 is 1.77 bits per heavy atom. The maximum atomic E-state index is 12.5. The quantitative estimate of drug-likeness (QED) is 0.585. The van der Waals surface area contributed by atoms with Crippen LogP contribution in [-0.4, -0.2) is 39.1 Å². The lowest BCUT2D eigenvalue weighted by Crippen LogP contribution is -2.26. The van der Waals surface area contributed by atoms with Crippen molar-refractivity contribution in [3.05, 3.63) is 59.7 Å². The number of hydrogen-bond donors (Lipinski definition) is 1. The van der Waals surface area contributed by atoms with Crippen molar-refractivity contribution in [2.75, 3.05) is 19.8 Å². The second-order valence-electron chi connectivity index (χ2n) is 5.56. The summed E-state index contributed by atoms with van der Waals surface area (Å²) in [5, 5.41) is 0. The standard InChI is InChI=1S/C19H20N2O3S2/c1-4-13-20-26(23,24)18-11-7-16(8-12-18)19(22)21(2)14-15-5-9-17(25-3)10-6-15/h1,5-12,20H,13-14H2,2-3H3. The zero-order valence-corrected chi connectivity index (χ0v) is 16.2. The Morgan fingerprint density at radius 1 is 1.15 bits per heavy atom. The molecule has 2 rings (SSSR count). The summed E-state index contributed by atoms with van der Waals surface area (Å²) < 4.78 is 26.3. The maximum absolute atomic E-state index is 12.5. The fraction of sp³-hybridized carbons (Fsp3) is 0.211. The van der Waals surface area contributed by atoms with E-state index in [0.717, 1.165) is 10.5 Å². The van der Waals surface area contributed by atoms with E-state index in [-0.39, 0.29) is 17.3 Å². The fourth-order valence-electron chi connectivity index (χ4n) is 2.29. The van der Waals surface area contributed by atoms with E-state index in [2.05, 4.69) is 10.6 Å². The smallest absolute Gasteiger partial charge is 0.253 e. The Bertz CT molecular complexity index is 899. The molecule has 2 aromatic carbocycles. The zero-order valence-electron chi connectivity index (χ0n) is 14.6. The molecule has 2 aromatic rings. The van der Waals surface area contributed by atoms with Gasteiger partial charge in [0.2, 0.25) is 10.0 Å². The summed E-state index contributed by atoms with van der Waals surface area (Å²) in [5.74, 6) is 2.03. The number of sulfonamides is 1. The van der Waals surface area contributed by atoms with Gasteiger partial charge in [-0.1, -0.05) is 18.1 Å². The van der Waals surface area contributed by atoms with Gasteiger partial charge in [0.1, 0.15) is 0 Å². The van der Waals surface area contributed by atoms with Gasteiger partial charge in [0.15, 0.2) is 0 Å². The molecule has 0 spiro atoms. The van der Waals surface area contributed by atoms with Gasteiger partial charge in [0, 0.05) is 24.1 Å². The van der Waals surface area contributed by atoms with Gasteiger partial charge in [0.05, 0.1) is 11.4 Å². The molecule has 1 amide bonds. The van der Waals surface area contributed by atoms with Crippen molar-refractivity contribution in [2.45, 2.75) is 16.3 Å². The molecule has 0 fully saturated rings. The zero-order chi connectivity index (χ0) is 19.2. The number of carbonyl (C=O) groups excluding carboxylic acids is 1. The van der Waals surface area contributed by atoms with E-state index in [0.29, 0.717) is 12.1 Å². The first kappa shape index (κ1) is 20.0. The number of rotatable bonds is 7. The Labute approximate surface area is 158 Å². The predicted molar refractivity (Wildman–Crippen MR) is 104 cm³/mol. The number of terminal acetylenes is 1. The molecule has 7 heteroatoms. The highest BCUT2D eigenvalue weighted by atomic mass is 32.2. The van der Waals surface area contributed by atoms with Crippen LogP contribution in [-0.2, 0) is 16.6 Å². The Morgan fingerprint density at radius 3 is 2.31 bits per heavy atom. The molecule has 1 N–H and O–H groups in total. The van der Waals surface area contributed by atoms with E-state index >= 15 is 0 Å². The Balaban J connectivity index is 2.07. The van der Waals surface area contributed by atoms with E-state index in [1.54, 1.807) is 23.7 Å². The topological polar surface area (TPSA) is 66.5 Å². The molecule has 0 aromatic heterocycles. The van der Waals surface area contributed by atoms with Gasteiger partial charge in [-0.25, -0.2) is 8.42 Å². The van der Waals surface area contributed by atoms with Crippen LogP contribution in [0.2, 0.25) is 0 Å². The summed E-state index contributed by atoms with van der Waals surface area (Å²) in [5.41, 5.74) is 1.44. The van der Waals surface area contributed by atoms with Gasteiger partial charge in [-0.2, -0.15) is 4.72 Å². The minimum Gasteiger partial charge on any atom is -0.337 e. The van der Waals surface area contributed by atoms with Crippen LogP contribution < -0.4 is 4.72 Å². The van der Waals surface area contributed by atoms with Crippen molar-refractivity contribution in [3.63, 3.8) is 0 Å². The minimum atomic E-state index is -3.66. The second-order valence-corrected chi connectivity index (χ2v) is 8.21. The van der Waals surface area contributed by atoms with Crippen LogP contribution in [0, 0.1) is 12.3 Å². The number of nitrogens with zero attached hydrogens (tertiary/aromatic N) is 1. The Kier molecular flexibility index (Phi) is 6.86. The lowest BCUT2D eigenvalue weighted by atomic mass is 10.1.